The molecule has 2 heterocycles. The summed E-state index contributed by atoms with van der Waals surface area (Å²) in [5, 5.41) is 0.954. The van der Waals surface area contributed by atoms with Crippen LogP contribution in [0.5, 0.6) is 0 Å². The zero-order valence-corrected chi connectivity index (χ0v) is 9.76. The van der Waals surface area contributed by atoms with Crippen LogP contribution in [-0.2, 0) is 0 Å². The van der Waals surface area contributed by atoms with E-state index in [-0.39, 0.29) is 0 Å². The molecule has 2 aromatic rings. The Balaban J connectivity index is 2.03. The van der Waals surface area contributed by atoms with Gasteiger partial charge in [-0.25, -0.2) is 9.97 Å². The van der Waals surface area contributed by atoms with Gasteiger partial charge >= 0.3 is 0 Å². The third kappa shape index (κ3) is 1.90. The van der Waals surface area contributed by atoms with Gasteiger partial charge < -0.3 is 10.6 Å². The summed E-state index contributed by atoms with van der Waals surface area (Å²) in [5.41, 5.74) is 8.03. The maximum absolute atomic E-state index is 5.89. The van der Waals surface area contributed by atoms with Crippen molar-refractivity contribution in [1.29, 1.82) is 0 Å². The highest BCUT2D eigenvalue weighted by Gasteiger charge is 2.12. The number of nitrogens with zero attached hydrogens (tertiary/aromatic N) is 3. The minimum absolute atomic E-state index is 0.564. The molecule has 0 radical (unpaired) electrons. The lowest BCUT2D eigenvalue weighted by atomic mass is 10.1. The molecule has 4 heteroatoms. The van der Waals surface area contributed by atoms with E-state index in [0.29, 0.717) is 5.82 Å². The SMILES string of the molecule is Nc1ncnc2ccc(N3CCCCC3)cc12. The van der Waals surface area contributed by atoms with Crippen molar-refractivity contribution in [1.82, 2.24) is 9.97 Å². The van der Waals surface area contributed by atoms with Crippen LogP contribution in [0.4, 0.5) is 11.5 Å². The minimum atomic E-state index is 0.564. The van der Waals surface area contributed by atoms with Crippen LogP contribution in [-0.4, -0.2) is 23.1 Å². The molecule has 3 rings (SSSR count). The lowest BCUT2D eigenvalue weighted by Crippen LogP contribution is -2.29. The van der Waals surface area contributed by atoms with Gasteiger partial charge in [0, 0.05) is 24.2 Å². The van der Waals surface area contributed by atoms with E-state index in [9.17, 15) is 0 Å². The molecule has 0 bridgehead atoms. The summed E-state index contributed by atoms with van der Waals surface area (Å²) in [7, 11) is 0. The van der Waals surface area contributed by atoms with Gasteiger partial charge in [-0.15, -0.1) is 0 Å². The summed E-state index contributed by atoms with van der Waals surface area (Å²) < 4.78 is 0. The number of hydrogen-bond donors (Lipinski definition) is 1. The molecule has 1 saturated heterocycles. The van der Waals surface area contributed by atoms with Gasteiger partial charge in [-0.3, -0.25) is 0 Å². The normalized spacial score (nSPS) is 16.4. The van der Waals surface area contributed by atoms with Crippen LogP contribution >= 0.6 is 0 Å². The first-order chi connectivity index (χ1) is 8.34. The Morgan fingerprint density at radius 3 is 2.71 bits per heavy atom. The molecule has 0 amide bonds. The van der Waals surface area contributed by atoms with Gasteiger partial charge in [-0.05, 0) is 37.5 Å². The number of anilines is 2. The summed E-state index contributed by atoms with van der Waals surface area (Å²) in [6.07, 6.45) is 5.41. The number of fused-ring (bicyclic) bond motifs is 1. The molecule has 0 aliphatic carbocycles. The van der Waals surface area contributed by atoms with E-state index in [2.05, 4.69) is 27.0 Å². The van der Waals surface area contributed by atoms with Crippen molar-refractivity contribution in [3.05, 3.63) is 24.5 Å². The van der Waals surface area contributed by atoms with Gasteiger partial charge in [0.05, 0.1) is 5.52 Å². The monoisotopic (exact) mass is 228 g/mol. The fraction of sp³-hybridized carbons (Fsp3) is 0.385. The topological polar surface area (TPSA) is 55.0 Å². The van der Waals surface area contributed by atoms with Crippen molar-refractivity contribution < 1.29 is 0 Å². The van der Waals surface area contributed by atoms with Crippen LogP contribution in [0.1, 0.15) is 19.3 Å². The molecule has 1 aliphatic heterocycles. The van der Waals surface area contributed by atoms with Crippen LogP contribution in [0.2, 0.25) is 0 Å². The second kappa shape index (κ2) is 4.20. The van der Waals surface area contributed by atoms with Crippen LogP contribution in [0, 0.1) is 0 Å². The number of nitrogen functional groups attached to an aromatic ring is 1. The number of piperidine rings is 1. The van der Waals surface area contributed by atoms with E-state index in [1.807, 2.05) is 6.07 Å². The van der Waals surface area contributed by atoms with Crippen LogP contribution in [0.3, 0.4) is 0 Å². The molecule has 0 unspecified atom stereocenters. The van der Waals surface area contributed by atoms with Crippen molar-refractivity contribution in [2.24, 2.45) is 0 Å². The first-order valence-corrected chi connectivity index (χ1v) is 6.10. The zero-order chi connectivity index (χ0) is 11.7. The first-order valence-electron chi connectivity index (χ1n) is 6.10. The Kier molecular flexibility index (Phi) is 2.55. The Morgan fingerprint density at radius 2 is 1.88 bits per heavy atom. The van der Waals surface area contributed by atoms with E-state index >= 15 is 0 Å². The minimum Gasteiger partial charge on any atom is -0.383 e. The van der Waals surface area contributed by atoms with Gasteiger partial charge in [-0.1, -0.05) is 0 Å². The van der Waals surface area contributed by atoms with Gasteiger partial charge in [0.15, 0.2) is 0 Å². The second-order valence-electron chi connectivity index (χ2n) is 4.51. The van der Waals surface area contributed by atoms with E-state index in [1.165, 1.54) is 31.3 Å². The van der Waals surface area contributed by atoms with Gasteiger partial charge in [-0.2, -0.15) is 0 Å². The molecular formula is C13H16N4. The predicted octanol–water partition coefficient (Wildman–Crippen LogP) is 2.20. The number of hydrogen-bond acceptors (Lipinski definition) is 4. The summed E-state index contributed by atoms with van der Waals surface area (Å²) in [6, 6.07) is 6.26. The molecule has 1 aromatic heterocycles. The molecule has 88 valence electrons. The zero-order valence-electron chi connectivity index (χ0n) is 9.76. The Bertz CT molecular complexity index is 532. The van der Waals surface area contributed by atoms with Crippen molar-refractivity contribution in [3.8, 4) is 0 Å². The van der Waals surface area contributed by atoms with E-state index < -0.39 is 0 Å². The highest BCUT2D eigenvalue weighted by Crippen LogP contribution is 2.25. The highest BCUT2D eigenvalue weighted by atomic mass is 15.1. The summed E-state index contributed by atoms with van der Waals surface area (Å²) in [4.78, 5) is 10.7. The fourth-order valence-electron chi connectivity index (χ4n) is 2.41. The van der Waals surface area contributed by atoms with Gasteiger partial charge in [0.1, 0.15) is 12.1 Å². The molecule has 1 fully saturated rings. The Labute approximate surface area is 100 Å². The number of rotatable bonds is 1. The molecular weight excluding hydrogens is 212 g/mol. The fourth-order valence-corrected chi connectivity index (χ4v) is 2.41. The third-order valence-electron chi connectivity index (χ3n) is 3.37. The maximum Gasteiger partial charge on any atom is 0.134 e. The molecule has 0 spiro atoms. The Hall–Kier alpha value is -1.84. The highest BCUT2D eigenvalue weighted by molar-refractivity contribution is 5.90. The smallest absolute Gasteiger partial charge is 0.134 e. The van der Waals surface area contributed by atoms with Crippen molar-refractivity contribution >= 4 is 22.4 Å². The van der Waals surface area contributed by atoms with Crippen molar-refractivity contribution in [2.45, 2.75) is 19.3 Å². The quantitative estimate of drug-likeness (QED) is 0.813. The standard InChI is InChI=1S/C13H16N4/c14-13-11-8-10(17-6-2-1-3-7-17)4-5-12(11)15-9-16-13/h4-5,8-9H,1-3,6-7H2,(H2,14,15,16). The van der Waals surface area contributed by atoms with E-state index in [1.54, 1.807) is 0 Å². The van der Waals surface area contributed by atoms with E-state index in [4.69, 9.17) is 5.73 Å². The third-order valence-corrected chi connectivity index (χ3v) is 3.37. The second-order valence-corrected chi connectivity index (χ2v) is 4.51. The molecule has 0 atom stereocenters. The lowest BCUT2D eigenvalue weighted by molar-refractivity contribution is 0.578. The van der Waals surface area contributed by atoms with Crippen molar-refractivity contribution in [3.63, 3.8) is 0 Å². The number of nitrogens with two attached hydrogens (primary N) is 1. The van der Waals surface area contributed by atoms with E-state index in [0.717, 1.165) is 24.0 Å². The predicted molar refractivity (Wildman–Crippen MR) is 70.0 cm³/mol. The molecule has 4 nitrogen and oxygen atoms in total. The lowest BCUT2D eigenvalue weighted by Gasteiger charge is -2.29. The number of aromatic nitrogens is 2. The largest absolute Gasteiger partial charge is 0.383 e. The first kappa shape index (κ1) is 10.3. The van der Waals surface area contributed by atoms with Gasteiger partial charge in [0.2, 0.25) is 0 Å². The van der Waals surface area contributed by atoms with Gasteiger partial charge in [0.25, 0.3) is 0 Å². The van der Waals surface area contributed by atoms with Crippen molar-refractivity contribution in [2.75, 3.05) is 23.7 Å². The molecule has 17 heavy (non-hydrogen) atoms. The molecule has 1 aromatic carbocycles. The summed E-state index contributed by atoms with van der Waals surface area (Å²) in [5.74, 6) is 0.564. The Morgan fingerprint density at radius 1 is 1.06 bits per heavy atom. The summed E-state index contributed by atoms with van der Waals surface area (Å²) in [6.45, 7) is 2.28. The number of benzene rings is 1. The average molecular weight is 228 g/mol. The van der Waals surface area contributed by atoms with Crippen LogP contribution in [0.15, 0.2) is 24.5 Å². The molecule has 1 aliphatic rings. The summed E-state index contributed by atoms with van der Waals surface area (Å²) >= 11 is 0. The van der Waals surface area contributed by atoms with Crippen LogP contribution < -0.4 is 10.6 Å². The van der Waals surface area contributed by atoms with Crippen LogP contribution in [0.25, 0.3) is 10.9 Å². The molecule has 0 saturated carbocycles. The molecule has 2 N–H and O–H groups in total. The average Bonchev–Trinajstić information content (AvgIpc) is 2.40. The maximum atomic E-state index is 5.89.